The van der Waals surface area contributed by atoms with Crippen molar-refractivity contribution in [1.29, 1.82) is 0 Å². The predicted octanol–water partition coefficient (Wildman–Crippen LogP) is 3.49. The molecule has 0 bridgehead atoms. The summed E-state index contributed by atoms with van der Waals surface area (Å²) in [4.78, 5) is 12.2. The number of nitrogens with two attached hydrogens (primary N) is 1. The molecule has 0 radical (unpaired) electrons. The maximum Gasteiger partial charge on any atom is 0.232 e. The molecular weight excluding hydrogens is 353 g/mol. The first-order valence-corrected chi connectivity index (χ1v) is 6.81. The summed E-state index contributed by atoms with van der Waals surface area (Å²) in [6, 6.07) is 12.9. The van der Waals surface area contributed by atoms with E-state index in [0.717, 1.165) is 9.13 Å². The minimum atomic E-state index is -0.0784. The third-order valence-corrected chi connectivity index (χ3v) is 3.54. The van der Waals surface area contributed by atoms with Gasteiger partial charge >= 0.3 is 0 Å². The molecule has 0 saturated heterocycles. The van der Waals surface area contributed by atoms with Gasteiger partial charge in [0.1, 0.15) is 5.75 Å². The fraction of sp³-hybridized carbons (Fsp3) is 0. The molecule has 0 atom stereocenters. The van der Waals surface area contributed by atoms with Gasteiger partial charge in [-0.25, -0.2) is 0 Å². The second-order valence-electron chi connectivity index (χ2n) is 4.25. The molecule has 1 aliphatic rings. The number of nitrogen functional groups attached to an aromatic ring is 1. The SMILES string of the molecule is Nc1ccc(/C=C2/Oc3ccc(I)cc3C2=O)cc1. The van der Waals surface area contributed by atoms with Crippen LogP contribution in [0.5, 0.6) is 5.75 Å². The van der Waals surface area contributed by atoms with Crippen LogP contribution in [0.3, 0.4) is 0 Å². The highest BCUT2D eigenvalue weighted by atomic mass is 127. The van der Waals surface area contributed by atoms with E-state index in [9.17, 15) is 4.79 Å². The van der Waals surface area contributed by atoms with Gasteiger partial charge in [-0.15, -0.1) is 0 Å². The van der Waals surface area contributed by atoms with Crippen LogP contribution in [0.15, 0.2) is 48.2 Å². The van der Waals surface area contributed by atoms with Crippen molar-refractivity contribution in [2.24, 2.45) is 0 Å². The van der Waals surface area contributed by atoms with Crippen molar-refractivity contribution in [3.63, 3.8) is 0 Å². The Kier molecular flexibility index (Phi) is 3.02. The van der Waals surface area contributed by atoms with E-state index in [-0.39, 0.29) is 5.78 Å². The summed E-state index contributed by atoms with van der Waals surface area (Å²) >= 11 is 2.18. The van der Waals surface area contributed by atoms with Crippen LogP contribution >= 0.6 is 22.6 Å². The lowest BCUT2D eigenvalue weighted by atomic mass is 10.1. The number of carbonyl (C=O) groups is 1. The Morgan fingerprint density at radius 1 is 1.11 bits per heavy atom. The minimum Gasteiger partial charge on any atom is -0.452 e. The maximum atomic E-state index is 12.2. The van der Waals surface area contributed by atoms with Crippen LogP contribution in [0, 0.1) is 3.57 Å². The van der Waals surface area contributed by atoms with Gasteiger partial charge in [-0.05, 0) is 64.6 Å². The fourth-order valence-electron chi connectivity index (χ4n) is 1.90. The Bertz CT molecular complexity index is 690. The molecule has 3 rings (SSSR count). The zero-order chi connectivity index (χ0) is 13.4. The molecule has 0 amide bonds. The molecule has 94 valence electrons. The van der Waals surface area contributed by atoms with Gasteiger partial charge < -0.3 is 10.5 Å². The lowest BCUT2D eigenvalue weighted by molar-refractivity contribution is 0.101. The van der Waals surface area contributed by atoms with E-state index in [1.807, 2.05) is 30.3 Å². The predicted molar refractivity (Wildman–Crippen MR) is 82.9 cm³/mol. The smallest absolute Gasteiger partial charge is 0.232 e. The summed E-state index contributed by atoms with van der Waals surface area (Å²) in [5.41, 5.74) is 7.83. The Labute approximate surface area is 124 Å². The fourth-order valence-corrected chi connectivity index (χ4v) is 2.40. The van der Waals surface area contributed by atoms with Gasteiger partial charge in [0.05, 0.1) is 5.56 Å². The highest BCUT2D eigenvalue weighted by Crippen LogP contribution is 2.32. The van der Waals surface area contributed by atoms with E-state index in [2.05, 4.69) is 22.6 Å². The Balaban J connectivity index is 1.97. The summed E-state index contributed by atoms with van der Waals surface area (Å²) in [6.07, 6.45) is 1.73. The Morgan fingerprint density at radius 3 is 2.58 bits per heavy atom. The lowest BCUT2D eigenvalue weighted by Crippen LogP contribution is -1.98. The number of hydrogen-bond donors (Lipinski definition) is 1. The number of Topliss-reactive ketones (excluding diaryl/α,β-unsaturated/α-hetero) is 1. The van der Waals surface area contributed by atoms with Gasteiger partial charge in [-0.1, -0.05) is 12.1 Å². The lowest BCUT2D eigenvalue weighted by Gasteiger charge is -1.99. The Morgan fingerprint density at radius 2 is 1.84 bits per heavy atom. The van der Waals surface area contributed by atoms with E-state index in [0.29, 0.717) is 22.8 Å². The van der Waals surface area contributed by atoms with Crippen LogP contribution in [-0.2, 0) is 0 Å². The van der Waals surface area contributed by atoms with Crippen molar-refractivity contribution in [3.8, 4) is 5.75 Å². The van der Waals surface area contributed by atoms with Crippen LogP contribution in [0.25, 0.3) is 6.08 Å². The van der Waals surface area contributed by atoms with Crippen molar-refractivity contribution < 1.29 is 9.53 Å². The zero-order valence-electron chi connectivity index (χ0n) is 9.89. The number of allylic oxidation sites excluding steroid dienone is 1. The second kappa shape index (κ2) is 4.70. The normalized spacial score (nSPS) is 15.4. The van der Waals surface area contributed by atoms with Gasteiger partial charge in [0.25, 0.3) is 0 Å². The van der Waals surface area contributed by atoms with Gasteiger partial charge in [-0.3, -0.25) is 4.79 Å². The number of carbonyl (C=O) groups excluding carboxylic acids is 1. The quantitative estimate of drug-likeness (QED) is 0.480. The largest absolute Gasteiger partial charge is 0.452 e. The third-order valence-electron chi connectivity index (χ3n) is 2.86. The average molecular weight is 363 g/mol. The first kappa shape index (κ1) is 12.2. The summed E-state index contributed by atoms with van der Waals surface area (Å²) in [7, 11) is 0. The molecule has 1 aliphatic heterocycles. The van der Waals surface area contributed by atoms with Crippen molar-refractivity contribution in [3.05, 3.63) is 62.9 Å². The molecule has 2 aromatic carbocycles. The molecule has 3 nitrogen and oxygen atoms in total. The summed E-state index contributed by atoms with van der Waals surface area (Å²) < 4.78 is 6.60. The first-order chi connectivity index (χ1) is 9.13. The summed E-state index contributed by atoms with van der Waals surface area (Å²) in [5, 5.41) is 0. The monoisotopic (exact) mass is 363 g/mol. The Hall–Kier alpha value is -1.82. The van der Waals surface area contributed by atoms with E-state index in [1.165, 1.54) is 0 Å². The van der Waals surface area contributed by atoms with Crippen LogP contribution in [0.4, 0.5) is 5.69 Å². The molecule has 2 N–H and O–H groups in total. The number of rotatable bonds is 1. The summed E-state index contributed by atoms with van der Waals surface area (Å²) in [6.45, 7) is 0. The van der Waals surface area contributed by atoms with Gasteiger partial charge in [0.2, 0.25) is 5.78 Å². The standard InChI is InChI=1S/C15H10INO2/c16-10-3-6-13-12(8-10)15(18)14(19-13)7-9-1-4-11(17)5-2-9/h1-8H,17H2/b14-7+. The van der Waals surface area contributed by atoms with Crippen molar-refractivity contribution in [2.75, 3.05) is 5.73 Å². The highest BCUT2D eigenvalue weighted by molar-refractivity contribution is 14.1. The molecular formula is C15H10INO2. The molecule has 0 unspecified atom stereocenters. The molecule has 2 aromatic rings. The molecule has 0 fully saturated rings. The van der Waals surface area contributed by atoms with Gasteiger partial charge in [0.15, 0.2) is 5.76 Å². The number of ketones is 1. The van der Waals surface area contributed by atoms with E-state index in [4.69, 9.17) is 10.5 Å². The number of fused-ring (bicyclic) bond motifs is 1. The third kappa shape index (κ3) is 2.35. The average Bonchev–Trinajstić information content (AvgIpc) is 2.70. The number of halogens is 1. The van der Waals surface area contributed by atoms with Crippen molar-refractivity contribution in [2.45, 2.75) is 0 Å². The molecule has 4 heteroatoms. The van der Waals surface area contributed by atoms with Crippen molar-refractivity contribution >= 4 is 40.1 Å². The minimum absolute atomic E-state index is 0.0784. The topological polar surface area (TPSA) is 52.3 Å². The molecule has 0 aliphatic carbocycles. The van der Waals surface area contributed by atoms with Gasteiger partial charge in [-0.2, -0.15) is 0 Å². The zero-order valence-corrected chi connectivity index (χ0v) is 12.0. The van der Waals surface area contributed by atoms with Crippen molar-refractivity contribution in [1.82, 2.24) is 0 Å². The highest BCUT2D eigenvalue weighted by Gasteiger charge is 2.27. The van der Waals surface area contributed by atoms with E-state index < -0.39 is 0 Å². The van der Waals surface area contributed by atoms with E-state index >= 15 is 0 Å². The number of hydrogen-bond acceptors (Lipinski definition) is 3. The molecule has 0 spiro atoms. The number of anilines is 1. The van der Waals surface area contributed by atoms with E-state index in [1.54, 1.807) is 18.2 Å². The van der Waals surface area contributed by atoms with Gasteiger partial charge in [0, 0.05) is 9.26 Å². The molecule has 0 aromatic heterocycles. The van der Waals surface area contributed by atoms with Crippen LogP contribution in [0.1, 0.15) is 15.9 Å². The molecule has 19 heavy (non-hydrogen) atoms. The molecule has 0 saturated carbocycles. The van der Waals surface area contributed by atoms with Crippen LogP contribution in [-0.4, -0.2) is 5.78 Å². The number of benzene rings is 2. The second-order valence-corrected chi connectivity index (χ2v) is 5.49. The maximum absolute atomic E-state index is 12.2. The van der Waals surface area contributed by atoms with Crippen LogP contribution < -0.4 is 10.5 Å². The first-order valence-electron chi connectivity index (χ1n) is 5.73. The molecule has 1 heterocycles. The van der Waals surface area contributed by atoms with Crippen LogP contribution in [0.2, 0.25) is 0 Å². The number of ether oxygens (including phenoxy) is 1. The summed E-state index contributed by atoms with van der Waals surface area (Å²) in [5.74, 6) is 0.888.